The maximum Gasteiger partial charge on any atom is 0.333 e. The summed E-state index contributed by atoms with van der Waals surface area (Å²) in [6.07, 6.45) is 0. The zero-order chi connectivity index (χ0) is 39.5. The first-order chi connectivity index (χ1) is 29.7. The number of anilines is 5. The van der Waals surface area contributed by atoms with Crippen molar-refractivity contribution in [3.05, 3.63) is 234 Å². The third-order valence-corrected chi connectivity index (χ3v) is 14.5. The SMILES string of the molecule is Cc1cc2c3c(c1)N1c4ccccc4C(c4ccccc4)(c4ccccc4)c4cccc(c41)B3N(c1cccc3c1sc1ccccc13)c1cc(-c3ccccc3)ccc1-2. The van der Waals surface area contributed by atoms with Gasteiger partial charge in [0.25, 0.3) is 0 Å². The van der Waals surface area contributed by atoms with E-state index in [1.165, 1.54) is 110 Å². The van der Waals surface area contributed by atoms with Crippen molar-refractivity contribution in [3.8, 4) is 22.3 Å². The van der Waals surface area contributed by atoms with Crippen molar-refractivity contribution in [2.45, 2.75) is 12.3 Å². The minimum atomic E-state index is -0.561. The number of thiophene rings is 1. The van der Waals surface area contributed by atoms with Crippen LogP contribution in [0.15, 0.2) is 206 Å². The van der Waals surface area contributed by atoms with Gasteiger partial charge < -0.3 is 9.71 Å². The topological polar surface area (TPSA) is 6.48 Å². The minimum absolute atomic E-state index is 0.106. The molecule has 0 spiro atoms. The van der Waals surface area contributed by atoms with E-state index in [4.69, 9.17) is 0 Å². The Balaban J connectivity index is 1.19. The zero-order valence-corrected chi connectivity index (χ0v) is 33.8. The number of hydrogen-bond acceptors (Lipinski definition) is 3. The largest absolute Gasteiger partial charge is 0.375 e. The van der Waals surface area contributed by atoms with Crippen molar-refractivity contribution in [3.63, 3.8) is 0 Å². The first-order valence-electron chi connectivity index (χ1n) is 20.9. The maximum atomic E-state index is 2.71. The molecule has 0 radical (unpaired) electrons. The molecule has 0 saturated heterocycles. The molecule has 1 aromatic heterocycles. The number of benzene rings is 9. The third-order valence-electron chi connectivity index (χ3n) is 13.3. The van der Waals surface area contributed by atoms with Crippen molar-refractivity contribution in [2.75, 3.05) is 9.71 Å². The van der Waals surface area contributed by atoms with Crippen molar-refractivity contribution in [1.29, 1.82) is 0 Å². The molecule has 3 aliphatic rings. The van der Waals surface area contributed by atoms with Crippen molar-refractivity contribution in [2.24, 2.45) is 0 Å². The van der Waals surface area contributed by atoms with Gasteiger partial charge in [-0.3, -0.25) is 0 Å². The van der Waals surface area contributed by atoms with Gasteiger partial charge in [-0.15, -0.1) is 11.3 Å². The van der Waals surface area contributed by atoms with E-state index in [-0.39, 0.29) is 6.85 Å². The van der Waals surface area contributed by atoms with Crippen LogP contribution in [0.2, 0.25) is 0 Å². The Labute approximate surface area is 354 Å². The highest BCUT2D eigenvalue weighted by atomic mass is 32.1. The van der Waals surface area contributed by atoms with Gasteiger partial charge in [-0.2, -0.15) is 0 Å². The molecule has 9 aromatic carbocycles. The predicted octanol–water partition coefficient (Wildman–Crippen LogP) is 13.4. The summed E-state index contributed by atoms with van der Waals surface area (Å²) in [5.41, 5.74) is 19.7. The predicted molar refractivity (Wildman–Crippen MR) is 255 cm³/mol. The molecular formula is C56H37BN2S. The van der Waals surface area contributed by atoms with Crippen LogP contribution in [-0.4, -0.2) is 6.85 Å². The number of aryl methyl sites for hydroxylation is 1. The Morgan fingerprint density at radius 3 is 1.92 bits per heavy atom. The molecule has 3 aliphatic heterocycles. The second-order valence-corrected chi connectivity index (χ2v) is 17.5. The number of fused-ring (bicyclic) bond motifs is 9. The van der Waals surface area contributed by atoms with Gasteiger partial charge in [0.15, 0.2) is 0 Å². The van der Waals surface area contributed by atoms with Crippen LogP contribution in [0.25, 0.3) is 42.4 Å². The van der Waals surface area contributed by atoms with Crippen LogP contribution in [-0.2, 0) is 5.41 Å². The highest BCUT2D eigenvalue weighted by Crippen LogP contribution is 2.59. The standard InChI is InChI=1S/C56H37BN2S/c1-36-33-44-41-32-31-38(37-17-5-2-6-18-37)35-50(41)59(49-29-15-24-43-42-23-11-14-30-52(42)60-55(43)49)57-47-27-16-26-46-54(47)58(51(34-36)53(44)57)48-28-13-12-25-45(48)56(46,39-19-7-3-8-20-39)40-21-9-4-10-22-40/h2-35H,1H3. The molecule has 0 aliphatic carbocycles. The number of nitrogens with zero attached hydrogens (tertiary/aromatic N) is 2. The van der Waals surface area contributed by atoms with Crippen LogP contribution in [0, 0.1) is 6.92 Å². The quantitative estimate of drug-likeness (QED) is 0.164. The second kappa shape index (κ2) is 12.7. The summed E-state index contributed by atoms with van der Waals surface area (Å²) in [5.74, 6) is 0. The summed E-state index contributed by atoms with van der Waals surface area (Å²) in [5, 5.41) is 2.61. The summed E-state index contributed by atoms with van der Waals surface area (Å²) < 4.78 is 2.62. The first-order valence-corrected chi connectivity index (χ1v) is 21.7. The van der Waals surface area contributed by atoms with E-state index in [2.05, 4.69) is 223 Å². The Bertz CT molecular complexity index is 3320. The van der Waals surface area contributed by atoms with Gasteiger partial charge in [-0.05, 0) is 92.7 Å². The van der Waals surface area contributed by atoms with E-state index >= 15 is 0 Å². The Morgan fingerprint density at radius 2 is 1.12 bits per heavy atom. The molecule has 0 unspecified atom stereocenters. The number of hydrogen-bond donors (Lipinski definition) is 0. The highest BCUT2D eigenvalue weighted by Gasteiger charge is 2.53. The monoisotopic (exact) mass is 780 g/mol. The molecule has 4 heterocycles. The zero-order valence-electron chi connectivity index (χ0n) is 33.0. The molecule has 2 nitrogen and oxygen atoms in total. The molecule has 13 rings (SSSR count). The maximum absolute atomic E-state index is 2.71. The fraction of sp³-hybridized carbons (Fsp3) is 0.0357. The normalized spacial score (nSPS) is 14.1. The molecule has 280 valence electrons. The summed E-state index contributed by atoms with van der Waals surface area (Å²) in [4.78, 5) is 5.33. The summed E-state index contributed by atoms with van der Waals surface area (Å²) in [6.45, 7) is 2.16. The lowest BCUT2D eigenvalue weighted by Gasteiger charge is -2.52. The average Bonchev–Trinajstić information content (AvgIpc) is 3.70. The summed E-state index contributed by atoms with van der Waals surface area (Å²) >= 11 is 1.91. The van der Waals surface area contributed by atoms with Crippen LogP contribution >= 0.6 is 11.3 Å². The lowest BCUT2D eigenvalue weighted by molar-refractivity contribution is 0.732. The van der Waals surface area contributed by atoms with Gasteiger partial charge in [0.05, 0.1) is 15.8 Å². The lowest BCUT2D eigenvalue weighted by Crippen LogP contribution is -2.62. The van der Waals surface area contributed by atoms with Gasteiger partial charge in [0.1, 0.15) is 0 Å². The molecule has 4 heteroatoms. The van der Waals surface area contributed by atoms with Gasteiger partial charge in [0, 0.05) is 43.8 Å². The van der Waals surface area contributed by atoms with Crippen LogP contribution in [0.3, 0.4) is 0 Å². The van der Waals surface area contributed by atoms with Crippen molar-refractivity contribution >= 4 is 77.7 Å². The van der Waals surface area contributed by atoms with Crippen LogP contribution in [0.5, 0.6) is 0 Å². The van der Waals surface area contributed by atoms with Gasteiger partial charge in [0.2, 0.25) is 0 Å². The summed E-state index contributed by atoms with van der Waals surface area (Å²) in [7, 11) is 0. The van der Waals surface area contributed by atoms with Gasteiger partial charge in [-0.25, -0.2) is 0 Å². The Morgan fingerprint density at radius 1 is 0.467 bits per heavy atom. The van der Waals surface area contributed by atoms with Gasteiger partial charge in [-0.1, -0.05) is 176 Å². The Kier molecular flexibility index (Phi) is 7.14. The van der Waals surface area contributed by atoms with Crippen LogP contribution in [0.1, 0.15) is 27.8 Å². The average molecular weight is 781 g/mol. The van der Waals surface area contributed by atoms with E-state index < -0.39 is 5.41 Å². The first kappa shape index (κ1) is 33.8. The molecule has 60 heavy (non-hydrogen) atoms. The molecular weight excluding hydrogens is 744 g/mol. The fourth-order valence-electron chi connectivity index (χ4n) is 11.0. The van der Waals surface area contributed by atoms with Crippen molar-refractivity contribution in [1.82, 2.24) is 0 Å². The molecule has 0 amide bonds. The molecule has 10 aromatic rings. The van der Waals surface area contributed by atoms with E-state index in [1.807, 2.05) is 11.3 Å². The molecule has 0 fully saturated rings. The second-order valence-electron chi connectivity index (χ2n) is 16.4. The molecule has 0 atom stereocenters. The molecule has 0 saturated carbocycles. The summed E-state index contributed by atoms with van der Waals surface area (Å²) in [6, 6.07) is 77.4. The van der Waals surface area contributed by atoms with Crippen molar-refractivity contribution < 1.29 is 0 Å². The fourth-order valence-corrected chi connectivity index (χ4v) is 12.2. The number of rotatable bonds is 4. The highest BCUT2D eigenvalue weighted by molar-refractivity contribution is 7.26. The van der Waals surface area contributed by atoms with E-state index in [0.29, 0.717) is 0 Å². The van der Waals surface area contributed by atoms with E-state index in [0.717, 1.165) is 0 Å². The van der Waals surface area contributed by atoms with E-state index in [9.17, 15) is 0 Å². The van der Waals surface area contributed by atoms with Crippen LogP contribution < -0.4 is 20.6 Å². The van der Waals surface area contributed by atoms with Gasteiger partial charge >= 0.3 is 6.85 Å². The number of para-hydroxylation sites is 2. The Hall–Kier alpha value is -7.14. The minimum Gasteiger partial charge on any atom is -0.375 e. The molecule has 0 N–H and O–H groups in total. The van der Waals surface area contributed by atoms with Crippen LogP contribution in [0.4, 0.5) is 28.4 Å². The third kappa shape index (κ3) is 4.49. The van der Waals surface area contributed by atoms with E-state index in [1.54, 1.807) is 0 Å². The lowest BCUT2D eigenvalue weighted by atomic mass is 9.42. The smallest absolute Gasteiger partial charge is 0.333 e. The molecule has 0 bridgehead atoms.